The molecule has 0 radical (unpaired) electrons. The van der Waals surface area contributed by atoms with Gasteiger partial charge in [-0.05, 0) is 79.2 Å². The molecule has 2 bridgehead atoms. The van der Waals surface area contributed by atoms with Gasteiger partial charge in [-0.1, -0.05) is 30.3 Å². The number of amides is 1. The molecule has 5 atom stereocenters. The summed E-state index contributed by atoms with van der Waals surface area (Å²) < 4.78 is 0. The highest BCUT2D eigenvalue weighted by Gasteiger charge is 2.53. The summed E-state index contributed by atoms with van der Waals surface area (Å²) in [5.41, 5.74) is 4.79. The van der Waals surface area contributed by atoms with Crippen LogP contribution >= 0.6 is 0 Å². The fourth-order valence-electron chi connectivity index (χ4n) is 5.88. The average molecular weight is 346 g/mol. The first kappa shape index (κ1) is 15.9. The summed E-state index contributed by atoms with van der Waals surface area (Å²) in [7, 11) is 0. The smallest absolute Gasteiger partial charge is 0.251 e. The number of carbonyl (C=O) groups is 1. The number of carbonyl (C=O) groups excluding carboxylic acids is 1. The molecule has 134 valence electrons. The Morgan fingerprint density at radius 2 is 1.92 bits per heavy atom. The Balaban J connectivity index is 1.58. The Morgan fingerprint density at radius 3 is 2.73 bits per heavy atom. The lowest BCUT2D eigenvalue weighted by molar-refractivity contribution is 0.0955. The van der Waals surface area contributed by atoms with E-state index >= 15 is 0 Å². The predicted molar refractivity (Wildman–Crippen MR) is 104 cm³/mol. The van der Waals surface area contributed by atoms with Crippen molar-refractivity contribution in [3.8, 4) is 0 Å². The zero-order chi connectivity index (χ0) is 17.7. The van der Waals surface area contributed by atoms with Crippen molar-refractivity contribution in [1.82, 2.24) is 5.32 Å². The fraction of sp³-hybridized carbons (Fsp3) is 0.435. The molecule has 2 aromatic rings. The van der Waals surface area contributed by atoms with Crippen molar-refractivity contribution >= 4 is 11.6 Å². The Bertz CT molecular complexity index is 831. The number of benzene rings is 2. The summed E-state index contributed by atoms with van der Waals surface area (Å²) >= 11 is 0. The van der Waals surface area contributed by atoms with E-state index in [1.54, 1.807) is 0 Å². The molecule has 2 fully saturated rings. The summed E-state index contributed by atoms with van der Waals surface area (Å²) in [5.74, 6) is 2.86. The number of anilines is 1. The molecular formula is C23H26N2O. The molecule has 2 aliphatic carbocycles. The minimum Gasteiger partial charge on any atom is -0.378 e. The quantitative estimate of drug-likeness (QED) is 0.843. The molecule has 0 saturated heterocycles. The molecule has 1 amide bonds. The van der Waals surface area contributed by atoms with E-state index in [0.29, 0.717) is 24.4 Å². The second-order valence-corrected chi connectivity index (χ2v) is 8.13. The normalized spacial score (nSPS) is 31.0. The Labute approximate surface area is 155 Å². The molecule has 26 heavy (non-hydrogen) atoms. The predicted octanol–water partition coefficient (Wildman–Crippen LogP) is 4.73. The Hall–Kier alpha value is -2.29. The van der Waals surface area contributed by atoms with Gasteiger partial charge in [-0.25, -0.2) is 0 Å². The maximum absolute atomic E-state index is 12.3. The van der Waals surface area contributed by atoms with Gasteiger partial charge in [0.15, 0.2) is 0 Å². The van der Waals surface area contributed by atoms with Gasteiger partial charge in [-0.3, -0.25) is 4.79 Å². The SMILES string of the molecule is CCNC(=O)c1ccc2c(c1)[C@@H]1[C@H]3CC[C@@H](C3)[C@H]1[C@@H](c1ccccc1)N2. The molecule has 0 unspecified atom stereocenters. The molecule has 0 aromatic heterocycles. The van der Waals surface area contributed by atoms with Crippen LogP contribution in [0.1, 0.15) is 59.6 Å². The zero-order valence-corrected chi connectivity index (χ0v) is 15.2. The van der Waals surface area contributed by atoms with Crippen LogP contribution in [0.25, 0.3) is 0 Å². The number of nitrogens with one attached hydrogen (secondary N) is 2. The van der Waals surface area contributed by atoms with Gasteiger partial charge in [-0.15, -0.1) is 0 Å². The van der Waals surface area contributed by atoms with Gasteiger partial charge in [0.1, 0.15) is 0 Å². The maximum atomic E-state index is 12.3. The zero-order valence-electron chi connectivity index (χ0n) is 15.2. The number of hydrogen-bond donors (Lipinski definition) is 2. The fourth-order valence-corrected chi connectivity index (χ4v) is 5.88. The third-order valence-corrected chi connectivity index (χ3v) is 6.85. The van der Waals surface area contributed by atoms with E-state index < -0.39 is 0 Å². The van der Waals surface area contributed by atoms with E-state index in [2.05, 4.69) is 53.1 Å². The van der Waals surface area contributed by atoms with Crippen molar-refractivity contribution in [2.45, 2.75) is 38.1 Å². The van der Waals surface area contributed by atoms with Crippen molar-refractivity contribution in [3.05, 3.63) is 65.2 Å². The highest BCUT2D eigenvalue weighted by Crippen LogP contribution is 2.63. The first-order valence-corrected chi connectivity index (χ1v) is 10.00. The molecular weight excluding hydrogens is 320 g/mol. The van der Waals surface area contributed by atoms with E-state index in [-0.39, 0.29) is 5.91 Å². The number of fused-ring (bicyclic) bond motifs is 7. The Morgan fingerprint density at radius 1 is 1.12 bits per heavy atom. The largest absolute Gasteiger partial charge is 0.378 e. The molecule has 2 N–H and O–H groups in total. The number of hydrogen-bond acceptors (Lipinski definition) is 2. The van der Waals surface area contributed by atoms with Crippen LogP contribution < -0.4 is 10.6 Å². The van der Waals surface area contributed by atoms with Crippen molar-refractivity contribution < 1.29 is 4.79 Å². The minimum absolute atomic E-state index is 0.0418. The minimum atomic E-state index is 0.0418. The molecule has 0 spiro atoms. The third kappa shape index (κ3) is 2.37. The second kappa shape index (κ2) is 6.15. The molecule has 5 rings (SSSR count). The third-order valence-electron chi connectivity index (χ3n) is 6.85. The molecule has 3 nitrogen and oxygen atoms in total. The van der Waals surface area contributed by atoms with Crippen LogP contribution in [-0.4, -0.2) is 12.5 Å². The molecule has 3 aliphatic rings. The Kier molecular flexibility index (Phi) is 3.77. The molecule has 1 aliphatic heterocycles. The van der Waals surface area contributed by atoms with Crippen LogP contribution in [0.2, 0.25) is 0 Å². The maximum Gasteiger partial charge on any atom is 0.251 e. The van der Waals surface area contributed by atoms with Gasteiger partial charge in [0.25, 0.3) is 5.91 Å². The monoisotopic (exact) mass is 346 g/mol. The molecule has 2 saturated carbocycles. The molecule has 1 heterocycles. The standard InChI is InChI=1S/C23H26N2O/c1-2-24-23(26)17-10-11-19-18(13-17)20-15-8-9-16(12-15)21(20)22(25-19)14-6-4-3-5-7-14/h3-7,10-11,13,15-16,20-22,25H,2,8-9,12H2,1H3,(H,24,26)/t15-,16-,20-,21+,22+/m0/s1. The first-order chi connectivity index (χ1) is 12.8. The summed E-state index contributed by atoms with van der Waals surface area (Å²) in [6.45, 7) is 2.63. The van der Waals surface area contributed by atoms with Crippen LogP contribution in [-0.2, 0) is 0 Å². The summed E-state index contributed by atoms with van der Waals surface area (Å²) in [5, 5.41) is 6.77. The van der Waals surface area contributed by atoms with Crippen LogP contribution in [0.5, 0.6) is 0 Å². The van der Waals surface area contributed by atoms with Gasteiger partial charge in [0.2, 0.25) is 0 Å². The summed E-state index contributed by atoms with van der Waals surface area (Å²) in [4.78, 5) is 12.3. The van der Waals surface area contributed by atoms with Crippen LogP contribution in [0.3, 0.4) is 0 Å². The van der Waals surface area contributed by atoms with Gasteiger partial charge >= 0.3 is 0 Å². The topological polar surface area (TPSA) is 41.1 Å². The van der Waals surface area contributed by atoms with Gasteiger partial charge < -0.3 is 10.6 Å². The van der Waals surface area contributed by atoms with Crippen LogP contribution in [0.15, 0.2) is 48.5 Å². The van der Waals surface area contributed by atoms with Gasteiger partial charge in [0.05, 0.1) is 6.04 Å². The van der Waals surface area contributed by atoms with E-state index in [1.807, 2.05) is 13.0 Å². The lowest BCUT2D eigenvalue weighted by Crippen LogP contribution is -2.35. The van der Waals surface area contributed by atoms with Gasteiger partial charge in [-0.2, -0.15) is 0 Å². The van der Waals surface area contributed by atoms with Crippen LogP contribution in [0.4, 0.5) is 5.69 Å². The van der Waals surface area contributed by atoms with E-state index in [9.17, 15) is 4.79 Å². The summed E-state index contributed by atoms with van der Waals surface area (Å²) in [6, 6.07) is 17.5. The lowest BCUT2D eigenvalue weighted by atomic mass is 9.68. The summed E-state index contributed by atoms with van der Waals surface area (Å²) in [6.07, 6.45) is 4.06. The molecule has 3 heteroatoms. The van der Waals surface area contributed by atoms with E-state index in [4.69, 9.17) is 0 Å². The van der Waals surface area contributed by atoms with Gasteiger partial charge in [0, 0.05) is 17.8 Å². The van der Waals surface area contributed by atoms with Crippen molar-refractivity contribution in [3.63, 3.8) is 0 Å². The second-order valence-electron chi connectivity index (χ2n) is 8.13. The first-order valence-electron chi connectivity index (χ1n) is 10.00. The van der Waals surface area contributed by atoms with Crippen LogP contribution in [0, 0.1) is 17.8 Å². The van der Waals surface area contributed by atoms with E-state index in [0.717, 1.165) is 17.4 Å². The highest BCUT2D eigenvalue weighted by atomic mass is 16.1. The molecule has 2 aromatic carbocycles. The van der Waals surface area contributed by atoms with Crippen molar-refractivity contribution in [1.29, 1.82) is 0 Å². The van der Waals surface area contributed by atoms with Crippen molar-refractivity contribution in [2.24, 2.45) is 17.8 Å². The average Bonchev–Trinajstić information content (AvgIpc) is 3.30. The highest BCUT2D eigenvalue weighted by molar-refractivity contribution is 5.95. The lowest BCUT2D eigenvalue weighted by Gasteiger charge is -2.43. The van der Waals surface area contributed by atoms with E-state index in [1.165, 1.54) is 36.1 Å². The number of rotatable bonds is 3. The van der Waals surface area contributed by atoms with Crippen molar-refractivity contribution in [2.75, 3.05) is 11.9 Å².